The first kappa shape index (κ1) is 100. The molecule has 0 bridgehead atoms. The zero-order valence-electron chi connectivity index (χ0n) is 73.5. The molecule has 13 atom stereocenters. The maximum absolute atomic E-state index is 15.8. The summed E-state index contributed by atoms with van der Waals surface area (Å²) in [6.07, 6.45) is 3.95. The molecule has 5 aliphatic rings. The topological polar surface area (TPSA) is 435 Å². The highest BCUT2D eigenvalue weighted by Crippen LogP contribution is 2.46. The van der Waals surface area contributed by atoms with Crippen LogP contribution >= 0.6 is 42.5 Å². The molecule has 2 fully saturated rings. The van der Waals surface area contributed by atoms with E-state index in [9.17, 15) is 70.0 Å². The van der Waals surface area contributed by atoms with Crippen LogP contribution < -0.4 is 40.6 Å². The van der Waals surface area contributed by atoms with Crippen molar-refractivity contribution >= 4 is 121 Å². The number of carboxylic acid groups (broad SMARTS) is 1. The van der Waals surface area contributed by atoms with Crippen molar-refractivity contribution in [1.29, 1.82) is 0 Å². The van der Waals surface area contributed by atoms with Gasteiger partial charge in [-0.1, -0.05) is 60.1 Å². The van der Waals surface area contributed by atoms with Gasteiger partial charge in [0.15, 0.2) is 34.5 Å². The van der Waals surface area contributed by atoms with Gasteiger partial charge in [0, 0.05) is 111 Å². The number of carbonyl (C=O) groups is 9. The number of carbonyl (C=O) groups excluding carboxylic acids is 8. The molecule has 8 N–H and O–H groups in total. The van der Waals surface area contributed by atoms with E-state index in [0.717, 1.165) is 18.4 Å². The highest BCUT2D eigenvalue weighted by atomic mass is 32.2. The number of rotatable bonds is 40. The number of aromatic nitrogens is 1. The number of hydrogen-bond donors (Lipinski definition) is 8. The molecule has 6 unspecified atom stereocenters. The van der Waals surface area contributed by atoms with Crippen molar-refractivity contribution in [2.45, 2.75) is 200 Å². The summed E-state index contributed by atoms with van der Waals surface area (Å²) in [5.41, 5.74) is 4.52. The molecule has 5 amide bonds. The highest BCUT2D eigenvalue weighted by molar-refractivity contribution is 8.17. The normalized spacial score (nSPS) is 22.2. The molecule has 33 nitrogen and oxygen atoms in total. The van der Waals surface area contributed by atoms with Gasteiger partial charge in [-0.15, -0.1) is 23.1 Å². The number of fused-ring (bicyclic) bond motifs is 4. The smallest absolute Gasteiger partial charge is 0.306 e. The Bertz CT molecular complexity index is 4820. The molecule has 0 spiro atoms. The number of aryl methyl sites for hydroxylation is 1. The lowest BCUT2D eigenvalue weighted by Crippen LogP contribution is -2.50. The van der Waals surface area contributed by atoms with Crippen LogP contribution in [0.25, 0.3) is 0 Å². The molecule has 9 rings (SSSR count). The predicted molar refractivity (Wildman–Crippen MR) is 475 cm³/mol. The van der Waals surface area contributed by atoms with Crippen LogP contribution in [-0.2, 0) is 81.8 Å². The third kappa shape index (κ3) is 26.3. The van der Waals surface area contributed by atoms with E-state index >= 15 is 9.36 Å². The Morgan fingerprint density at radius 1 is 0.871 bits per heavy atom. The molecule has 4 aromatic rings. The van der Waals surface area contributed by atoms with E-state index in [-0.39, 0.29) is 160 Å². The largest absolute Gasteiger partial charge is 0.508 e. The predicted octanol–water partition coefficient (Wildman–Crippen LogP) is 10.3. The molecule has 3 aromatic carbocycles. The zero-order chi connectivity index (χ0) is 91.0. The van der Waals surface area contributed by atoms with Crippen LogP contribution in [0.4, 0.5) is 5.69 Å². The van der Waals surface area contributed by atoms with Gasteiger partial charge >= 0.3 is 11.9 Å². The number of ether oxygens (including phenoxy) is 4. The molecule has 0 aliphatic carbocycles. The Morgan fingerprint density at radius 2 is 1.57 bits per heavy atom. The second kappa shape index (κ2) is 44.3. The summed E-state index contributed by atoms with van der Waals surface area (Å²) in [4.78, 5) is 135. The van der Waals surface area contributed by atoms with E-state index in [2.05, 4.69) is 31.3 Å². The number of unbranched alkanes of at least 4 members (excludes halogenated alkanes) is 2. The first-order valence-corrected chi connectivity index (χ1v) is 50.0. The molecule has 6 heterocycles. The SMILES string of the molecule is CC[C@H](C)[C@H](CC(=O)C(C)(C)N(C)C)C(=O)N(C)[C@H](C[C@@H](OC(C)=O)c1nc(C(=O)N[C@@H](Cc2ccc(O)c(CCN(CCC3C[C@H]4C(S(=O)(=O)OC)Nc5cc(OCCCCCOc6cc7c(cc6OC)C(=O)N6CC(C)C[C@H]6C(CS(=O)(=O)O)C7)c(C)cc5C(=O)N4C3)P3(=O)NCC(=O)/C=C/SCSCCC(=O)NN3)c2)CC(C)C(=O)O)cs1)C(C)C. The lowest BCUT2D eigenvalue weighted by Gasteiger charge is -2.38. The number of aromatic hydroxyl groups is 1. The summed E-state index contributed by atoms with van der Waals surface area (Å²) in [7, 11) is -5.30. The number of amides is 5. The number of phenols is 1. The molecule has 39 heteroatoms. The Hall–Kier alpha value is -7.75. The second-order valence-corrected chi connectivity index (χ2v) is 43.2. The van der Waals surface area contributed by atoms with Gasteiger partial charge in [-0.25, -0.2) is 14.7 Å². The van der Waals surface area contributed by atoms with E-state index in [1.807, 2.05) is 67.5 Å². The number of nitrogens with one attached hydrogen (secondary N) is 5. The lowest BCUT2D eigenvalue weighted by molar-refractivity contribution is -0.150. The first-order chi connectivity index (χ1) is 58.5. The van der Waals surface area contributed by atoms with Gasteiger partial charge in [0.05, 0.1) is 68.5 Å². The minimum atomic E-state index is -4.46. The Morgan fingerprint density at radius 3 is 2.23 bits per heavy atom. The zero-order valence-corrected chi connectivity index (χ0v) is 78.5. The molecule has 2 saturated heterocycles. The van der Waals surface area contributed by atoms with Gasteiger partial charge in [-0.2, -0.15) is 33.8 Å². The van der Waals surface area contributed by atoms with E-state index in [1.54, 1.807) is 65.6 Å². The number of aliphatic carboxylic acids is 1. The summed E-state index contributed by atoms with van der Waals surface area (Å²) >= 11 is 3.89. The number of anilines is 1. The standard InChI is InChI=1S/C85H124N11O22PS5/c1-16-52(5)63(41-76(100)85(9,10)92(11)12)81(103)93(13)68(50(2)3)43-75(118-55(8)97)79-88-67(47-122-79)78(102)87-61(33-54(7)84(106)107)36-56-20-21-71(99)58(35-56)23-27-94(119(108)86-44-62(98)24-30-120-49-121-31-25-77(101)90-91-119)26-22-57-37-70-80(124(112,113)115-15)89-66-42-72(53(6)34-65(66)83(105)96(70)46-57)116-28-18-17-19-29-117-74-39-59-38-60(48-123(109,110)111)69-32-51(4)45-95(69)82(104)64(59)40-73(74)114-14/h20-21,24,30,34-35,39-40,42,47,50-52,54,57,60-61,63,68-70,75,80,89,99H,16-19,22-23,25-29,31-33,36-38,41,43-46,48-49H2,1-15H3,(H,87,102)(H,90,101)(H,106,107)(H2,86,91,108)(H,109,110,111)/b30-24+/t51?,52-,54?,57?,60?,61+,63-,68+,69-,70-,75+,80?,119?/m0/s1. The number of carboxylic acids is 1. The van der Waals surface area contributed by atoms with E-state index < -0.39 is 134 Å². The quantitative estimate of drug-likeness (QED) is 0.00674. The molecule has 1 aromatic heterocycles. The number of thiazole rings is 1. The number of phenolic OH excluding ortho intramolecular Hbond substituents is 1. The molecule has 0 radical (unpaired) electrons. The van der Waals surface area contributed by atoms with Gasteiger partial charge in [0.25, 0.3) is 45.6 Å². The number of nitrogens with zero attached hydrogens (tertiary/aromatic N) is 6. The van der Waals surface area contributed by atoms with Gasteiger partial charge in [-0.3, -0.25) is 66.8 Å². The maximum Gasteiger partial charge on any atom is 0.306 e. The highest BCUT2D eigenvalue weighted by Gasteiger charge is 2.50. The average Bonchev–Trinajstić information content (AvgIpc) is 0.920. The van der Waals surface area contributed by atoms with Crippen LogP contribution in [0, 0.1) is 48.3 Å². The average molecular weight is 1840 g/mol. The molecule has 0 saturated carbocycles. The maximum atomic E-state index is 15.8. The van der Waals surface area contributed by atoms with Gasteiger partial charge in [0.2, 0.25) is 11.8 Å². The fourth-order valence-corrected chi connectivity index (χ4v) is 23.1. The number of Topliss-reactive ketones (excluding diaryl/α,β-unsaturated/α-hetero) is 1. The van der Waals surface area contributed by atoms with Gasteiger partial charge in [0.1, 0.15) is 22.2 Å². The van der Waals surface area contributed by atoms with Crippen molar-refractivity contribution in [2.75, 3.05) is 103 Å². The van der Waals surface area contributed by atoms with Crippen molar-refractivity contribution in [3.8, 4) is 23.0 Å². The Balaban J connectivity index is 0.893. The summed E-state index contributed by atoms with van der Waals surface area (Å²) in [5, 5.41) is 36.1. The summed E-state index contributed by atoms with van der Waals surface area (Å²) in [6, 6.07) is 8.55. The van der Waals surface area contributed by atoms with Crippen LogP contribution in [0.5, 0.6) is 23.0 Å². The number of ketones is 2. The van der Waals surface area contributed by atoms with Crippen LogP contribution in [0.15, 0.2) is 59.3 Å². The van der Waals surface area contributed by atoms with Crippen LogP contribution in [0.1, 0.15) is 198 Å². The van der Waals surface area contributed by atoms with Gasteiger partial charge < -0.3 is 54.5 Å². The van der Waals surface area contributed by atoms with Crippen molar-refractivity contribution in [2.24, 2.45) is 41.4 Å². The third-order valence-corrected chi connectivity index (χ3v) is 32.1. The number of hydrazine groups is 1. The summed E-state index contributed by atoms with van der Waals surface area (Å²) < 4.78 is 109. The molecule has 5 aliphatic heterocycles. The van der Waals surface area contributed by atoms with Gasteiger partial charge in [-0.05, 0) is 187 Å². The Labute approximate surface area is 740 Å². The number of benzene rings is 3. The molecular weight excluding hydrogens is 1720 g/mol. The number of methoxy groups -OCH3 is 1. The Kier molecular flexibility index (Phi) is 35.7. The van der Waals surface area contributed by atoms with Crippen molar-refractivity contribution in [1.82, 2.24) is 50.3 Å². The minimum Gasteiger partial charge on any atom is -0.508 e. The first-order valence-electron chi connectivity index (χ1n) is 42.2. The van der Waals surface area contributed by atoms with Crippen molar-refractivity contribution in [3.05, 3.63) is 103 Å². The second-order valence-electron chi connectivity index (χ2n) is 34.3. The number of thioether (sulfide) groups is 2. The minimum absolute atomic E-state index is 0.0212. The number of likely N-dealkylation sites (N-methyl/N-ethyl adjacent to an activating group) is 1. The van der Waals surface area contributed by atoms with E-state index in [4.69, 9.17) is 23.1 Å². The van der Waals surface area contributed by atoms with E-state index in [1.165, 1.54) is 71.6 Å². The van der Waals surface area contributed by atoms with Crippen molar-refractivity contribution < 1.29 is 102 Å². The summed E-state index contributed by atoms with van der Waals surface area (Å²) in [6.45, 7) is 18.3. The van der Waals surface area contributed by atoms with Crippen LogP contribution in [0.3, 0.4) is 0 Å². The lowest BCUT2D eigenvalue weighted by atomic mass is 9.81. The van der Waals surface area contributed by atoms with Crippen LogP contribution in [0.2, 0.25) is 0 Å². The third-order valence-electron chi connectivity index (χ3n) is 24.5. The van der Waals surface area contributed by atoms with E-state index in [0.29, 0.717) is 94.6 Å². The summed E-state index contributed by atoms with van der Waals surface area (Å²) in [5.74, 6) is -6.29. The van der Waals surface area contributed by atoms with Crippen molar-refractivity contribution in [3.63, 3.8) is 0 Å². The number of hydrogen-bond acceptors (Lipinski definition) is 26. The molecule has 124 heavy (non-hydrogen) atoms. The monoisotopic (exact) mass is 1840 g/mol. The molecular formula is C85H124N11O22PS5. The fraction of sp³-hybridized carbons (Fsp3) is 0.624. The molecule has 686 valence electrons. The number of esters is 1. The van der Waals surface area contributed by atoms with Crippen LogP contribution in [-0.4, -0.2) is 247 Å². The fourth-order valence-electron chi connectivity index (χ4n) is 16.6.